The van der Waals surface area contributed by atoms with E-state index in [4.69, 9.17) is 0 Å². The molecule has 2 rings (SSSR count). The van der Waals surface area contributed by atoms with Gasteiger partial charge in [0, 0.05) is 13.0 Å². The Balaban J connectivity index is 2.13. The van der Waals surface area contributed by atoms with Crippen molar-refractivity contribution in [1.29, 1.82) is 0 Å². The van der Waals surface area contributed by atoms with E-state index >= 15 is 0 Å². The molecule has 1 heterocycles. The molecular formula is C14H23BrN2O. The first-order chi connectivity index (χ1) is 8.54. The lowest BCUT2D eigenvalue weighted by Crippen LogP contribution is -2.26. The van der Waals surface area contributed by atoms with Gasteiger partial charge < -0.3 is 5.11 Å². The Morgan fingerprint density at radius 3 is 2.78 bits per heavy atom. The summed E-state index contributed by atoms with van der Waals surface area (Å²) in [6.07, 6.45) is 4.16. The van der Waals surface area contributed by atoms with E-state index < -0.39 is 0 Å². The minimum atomic E-state index is -0.236. The second-order valence-electron chi connectivity index (χ2n) is 5.51. The van der Waals surface area contributed by atoms with Gasteiger partial charge in [0.25, 0.3) is 0 Å². The fourth-order valence-electron chi connectivity index (χ4n) is 3.16. The zero-order valence-corrected chi connectivity index (χ0v) is 13.1. The van der Waals surface area contributed by atoms with Gasteiger partial charge in [0.1, 0.15) is 0 Å². The molecule has 1 aromatic heterocycles. The number of aromatic nitrogens is 2. The standard InChI is InChI=1S/C14H23BrN2O/c1-4-17-12(14(15)10(3)16-17)8-13(18)11-7-5-6-9(11)2/h9,11,13,18H,4-8H2,1-3H3. The summed E-state index contributed by atoms with van der Waals surface area (Å²) in [5, 5.41) is 15.0. The van der Waals surface area contributed by atoms with E-state index in [9.17, 15) is 5.11 Å². The van der Waals surface area contributed by atoms with Gasteiger partial charge in [-0.25, -0.2) is 0 Å². The van der Waals surface area contributed by atoms with Gasteiger partial charge in [-0.3, -0.25) is 4.68 Å². The van der Waals surface area contributed by atoms with E-state index in [2.05, 4.69) is 34.9 Å². The van der Waals surface area contributed by atoms with Crippen LogP contribution in [0.3, 0.4) is 0 Å². The van der Waals surface area contributed by atoms with Crippen LogP contribution in [0.25, 0.3) is 0 Å². The van der Waals surface area contributed by atoms with Crippen molar-refractivity contribution in [2.75, 3.05) is 0 Å². The van der Waals surface area contributed by atoms with E-state index in [1.807, 2.05) is 11.6 Å². The highest BCUT2D eigenvalue weighted by atomic mass is 79.9. The van der Waals surface area contributed by atoms with Gasteiger partial charge in [-0.05, 0) is 48.0 Å². The number of halogens is 1. The first-order valence-electron chi connectivity index (χ1n) is 6.94. The molecule has 0 amide bonds. The van der Waals surface area contributed by atoms with Crippen molar-refractivity contribution in [1.82, 2.24) is 9.78 Å². The van der Waals surface area contributed by atoms with Crippen LogP contribution in [0.5, 0.6) is 0 Å². The van der Waals surface area contributed by atoms with Gasteiger partial charge in [-0.2, -0.15) is 5.10 Å². The number of nitrogens with zero attached hydrogens (tertiary/aromatic N) is 2. The average molecular weight is 315 g/mol. The van der Waals surface area contributed by atoms with E-state index in [0.29, 0.717) is 18.3 Å². The number of hydrogen-bond donors (Lipinski definition) is 1. The Kier molecular flexibility index (Phi) is 4.49. The Morgan fingerprint density at radius 2 is 2.22 bits per heavy atom. The summed E-state index contributed by atoms with van der Waals surface area (Å²) in [6, 6.07) is 0. The highest BCUT2D eigenvalue weighted by Crippen LogP contribution is 2.35. The largest absolute Gasteiger partial charge is 0.392 e. The highest BCUT2D eigenvalue weighted by Gasteiger charge is 2.31. The summed E-state index contributed by atoms with van der Waals surface area (Å²) >= 11 is 3.60. The van der Waals surface area contributed by atoms with E-state index in [0.717, 1.165) is 22.4 Å². The topological polar surface area (TPSA) is 38.0 Å². The third kappa shape index (κ3) is 2.64. The third-order valence-electron chi connectivity index (χ3n) is 4.28. The van der Waals surface area contributed by atoms with Crippen LogP contribution in [-0.4, -0.2) is 21.0 Å². The molecule has 102 valence electrons. The summed E-state index contributed by atoms with van der Waals surface area (Å²) in [5.74, 6) is 1.11. The van der Waals surface area contributed by atoms with Crippen molar-refractivity contribution in [3.05, 3.63) is 15.9 Å². The number of aryl methyl sites for hydroxylation is 2. The van der Waals surface area contributed by atoms with Gasteiger partial charge in [-0.1, -0.05) is 19.8 Å². The second-order valence-corrected chi connectivity index (χ2v) is 6.30. The van der Waals surface area contributed by atoms with Crippen LogP contribution >= 0.6 is 15.9 Å². The number of aliphatic hydroxyl groups excluding tert-OH is 1. The van der Waals surface area contributed by atoms with Crippen LogP contribution in [0.4, 0.5) is 0 Å². The van der Waals surface area contributed by atoms with Crippen LogP contribution in [0.15, 0.2) is 4.47 Å². The molecule has 0 bridgehead atoms. The predicted molar refractivity (Wildman–Crippen MR) is 76.6 cm³/mol. The van der Waals surface area contributed by atoms with Gasteiger partial charge >= 0.3 is 0 Å². The third-order valence-corrected chi connectivity index (χ3v) is 5.31. The van der Waals surface area contributed by atoms with E-state index in [1.165, 1.54) is 19.3 Å². The lowest BCUT2D eigenvalue weighted by Gasteiger charge is -2.22. The van der Waals surface area contributed by atoms with Crippen molar-refractivity contribution >= 4 is 15.9 Å². The van der Waals surface area contributed by atoms with Gasteiger partial charge in [-0.15, -0.1) is 0 Å². The Morgan fingerprint density at radius 1 is 1.50 bits per heavy atom. The maximum atomic E-state index is 10.5. The summed E-state index contributed by atoms with van der Waals surface area (Å²) < 4.78 is 3.07. The molecule has 3 nitrogen and oxygen atoms in total. The molecule has 1 fully saturated rings. The van der Waals surface area contributed by atoms with Crippen LogP contribution in [0.1, 0.15) is 44.5 Å². The quantitative estimate of drug-likeness (QED) is 0.925. The van der Waals surface area contributed by atoms with Crippen LogP contribution in [0.2, 0.25) is 0 Å². The molecule has 0 aromatic carbocycles. The Bertz CT molecular complexity index is 416. The van der Waals surface area contributed by atoms with Gasteiger partial charge in [0.2, 0.25) is 0 Å². The molecule has 1 aliphatic rings. The number of rotatable bonds is 4. The Labute approximate surface area is 118 Å². The van der Waals surface area contributed by atoms with Crippen LogP contribution in [-0.2, 0) is 13.0 Å². The van der Waals surface area contributed by atoms with Crippen molar-refractivity contribution in [3.63, 3.8) is 0 Å². The fourth-order valence-corrected chi connectivity index (χ4v) is 3.61. The number of hydrogen-bond acceptors (Lipinski definition) is 2. The van der Waals surface area contributed by atoms with E-state index in [1.54, 1.807) is 0 Å². The molecule has 1 saturated carbocycles. The van der Waals surface area contributed by atoms with E-state index in [-0.39, 0.29) is 6.10 Å². The smallest absolute Gasteiger partial charge is 0.0738 e. The van der Waals surface area contributed by atoms with Crippen molar-refractivity contribution < 1.29 is 5.11 Å². The first kappa shape index (κ1) is 14.1. The van der Waals surface area contributed by atoms with Crippen LogP contribution in [0, 0.1) is 18.8 Å². The molecule has 3 atom stereocenters. The molecule has 4 heteroatoms. The van der Waals surface area contributed by atoms with Crippen molar-refractivity contribution in [3.8, 4) is 0 Å². The summed E-state index contributed by atoms with van der Waals surface area (Å²) in [6.45, 7) is 7.21. The lowest BCUT2D eigenvalue weighted by atomic mass is 9.90. The predicted octanol–water partition coefficient (Wildman–Crippen LogP) is 3.31. The molecule has 3 unspecified atom stereocenters. The second kappa shape index (κ2) is 5.74. The first-order valence-corrected chi connectivity index (χ1v) is 7.73. The number of aliphatic hydroxyl groups is 1. The molecule has 0 aliphatic heterocycles. The monoisotopic (exact) mass is 314 g/mol. The molecule has 0 radical (unpaired) electrons. The maximum absolute atomic E-state index is 10.5. The SMILES string of the molecule is CCn1nc(C)c(Br)c1CC(O)C1CCCC1C. The molecule has 0 spiro atoms. The molecule has 1 aromatic rings. The minimum Gasteiger partial charge on any atom is -0.392 e. The van der Waals surface area contributed by atoms with Crippen LogP contribution < -0.4 is 0 Å². The molecule has 0 saturated heterocycles. The summed E-state index contributed by atoms with van der Waals surface area (Å²) in [5.41, 5.74) is 2.15. The molecule has 1 N–H and O–H groups in total. The summed E-state index contributed by atoms with van der Waals surface area (Å²) in [4.78, 5) is 0. The average Bonchev–Trinajstić information content (AvgIpc) is 2.87. The normalized spacial score (nSPS) is 25.6. The molecular weight excluding hydrogens is 292 g/mol. The van der Waals surface area contributed by atoms with Crippen molar-refractivity contribution in [2.45, 2.75) is 59.1 Å². The zero-order valence-electron chi connectivity index (χ0n) is 11.5. The maximum Gasteiger partial charge on any atom is 0.0738 e. The van der Waals surface area contributed by atoms with Gasteiger partial charge in [0.05, 0.1) is 22.0 Å². The Hall–Kier alpha value is -0.350. The fraction of sp³-hybridized carbons (Fsp3) is 0.786. The summed E-state index contributed by atoms with van der Waals surface area (Å²) in [7, 11) is 0. The lowest BCUT2D eigenvalue weighted by molar-refractivity contribution is 0.0881. The minimum absolute atomic E-state index is 0.236. The zero-order chi connectivity index (χ0) is 13.3. The van der Waals surface area contributed by atoms with Gasteiger partial charge in [0.15, 0.2) is 0 Å². The molecule has 18 heavy (non-hydrogen) atoms. The molecule has 1 aliphatic carbocycles. The van der Waals surface area contributed by atoms with Crippen molar-refractivity contribution in [2.24, 2.45) is 11.8 Å². The highest BCUT2D eigenvalue weighted by molar-refractivity contribution is 9.10.